The molecule has 2 rings (SSSR count). The third-order valence-corrected chi connectivity index (χ3v) is 4.48. The van der Waals surface area contributed by atoms with Gasteiger partial charge >= 0.3 is 0 Å². The molecule has 1 aliphatic rings. The molecule has 0 radical (unpaired) electrons. The molecule has 0 aliphatic carbocycles. The van der Waals surface area contributed by atoms with Gasteiger partial charge in [-0.25, -0.2) is 0 Å². The molecule has 0 amide bonds. The number of nitrogens with zero attached hydrogens (tertiary/aromatic N) is 1. The molecule has 1 saturated heterocycles. The minimum absolute atomic E-state index is 0.704. The van der Waals surface area contributed by atoms with E-state index in [-0.39, 0.29) is 0 Å². The van der Waals surface area contributed by atoms with Crippen molar-refractivity contribution < 1.29 is 0 Å². The van der Waals surface area contributed by atoms with E-state index >= 15 is 0 Å². The van der Waals surface area contributed by atoms with E-state index in [1.54, 1.807) is 0 Å². The zero-order valence-corrected chi connectivity index (χ0v) is 14.4. The first kappa shape index (κ1) is 15.8. The van der Waals surface area contributed by atoms with Crippen molar-refractivity contribution in [3.63, 3.8) is 0 Å². The summed E-state index contributed by atoms with van der Waals surface area (Å²) in [6.07, 6.45) is 5.41. The number of nitrogens with one attached hydrogen (secondary N) is 1. The van der Waals surface area contributed by atoms with Crippen LogP contribution in [0.3, 0.4) is 0 Å². The highest BCUT2D eigenvalue weighted by atomic mass is 79.9. The van der Waals surface area contributed by atoms with Crippen molar-refractivity contribution in [1.29, 1.82) is 0 Å². The highest BCUT2D eigenvalue weighted by Crippen LogP contribution is 2.29. The van der Waals surface area contributed by atoms with E-state index in [2.05, 4.69) is 58.2 Å². The summed E-state index contributed by atoms with van der Waals surface area (Å²) in [5.41, 5.74) is 2.72. The quantitative estimate of drug-likeness (QED) is 0.845. The van der Waals surface area contributed by atoms with Crippen molar-refractivity contribution in [2.24, 2.45) is 5.92 Å². The van der Waals surface area contributed by atoms with Crippen molar-refractivity contribution in [2.45, 2.75) is 46.1 Å². The fraction of sp³-hybridized carbons (Fsp3) is 0.647. The maximum atomic E-state index is 3.76. The average molecular weight is 339 g/mol. The summed E-state index contributed by atoms with van der Waals surface area (Å²) < 4.78 is 1.24. The first-order chi connectivity index (χ1) is 9.66. The van der Waals surface area contributed by atoms with Crippen LogP contribution in [0.25, 0.3) is 0 Å². The second kappa shape index (κ2) is 8.04. The van der Waals surface area contributed by atoms with Crippen LogP contribution in [0.4, 0.5) is 5.69 Å². The molecule has 1 aromatic carbocycles. The van der Waals surface area contributed by atoms with Crippen LogP contribution in [0.5, 0.6) is 0 Å². The van der Waals surface area contributed by atoms with E-state index in [4.69, 9.17) is 0 Å². The van der Waals surface area contributed by atoms with E-state index in [1.807, 2.05) is 0 Å². The van der Waals surface area contributed by atoms with E-state index in [1.165, 1.54) is 54.5 Å². The van der Waals surface area contributed by atoms with E-state index in [9.17, 15) is 0 Å². The molecule has 20 heavy (non-hydrogen) atoms. The summed E-state index contributed by atoms with van der Waals surface area (Å²) in [5.74, 6) is 0.704. The third kappa shape index (κ3) is 4.78. The second-order valence-electron chi connectivity index (χ2n) is 6.21. The van der Waals surface area contributed by atoms with Crippen molar-refractivity contribution in [3.05, 3.63) is 28.2 Å². The normalized spacial score (nSPS) is 16.5. The molecule has 0 bridgehead atoms. The van der Waals surface area contributed by atoms with Crippen LogP contribution in [-0.4, -0.2) is 19.6 Å². The summed E-state index contributed by atoms with van der Waals surface area (Å²) in [5, 5.41) is 3.50. The van der Waals surface area contributed by atoms with Crippen LogP contribution in [0, 0.1) is 5.92 Å². The summed E-state index contributed by atoms with van der Waals surface area (Å²) in [6.45, 7) is 8.91. The zero-order chi connectivity index (χ0) is 14.4. The average Bonchev–Trinajstić information content (AvgIpc) is 2.67. The van der Waals surface area contributed by atoms with Crippen LogP contribution in [-0.2, 0) is 6.54 Å². The number of halogens is 1. The topological polar surface area (TPSA) is 15.3 Å². The van der Waals surface area contributed by atoms with Crippen molar-refractivity contribution in [1.82, 2.24) is 5.32 Å². The lowest BCUT2D eigenvalue weighted by Crippen LogP contribution is -2.24. The third-order valence-electron chi connectivity index (χ3n) is 3.84. The standard InChI is InChI=1S/C17H27BrN2/c1-14(2)12-19-13-15-7-8-17(16(18)11-15)20-9-5-3-4-6-10-20/h7-8,11,14,19H,3-6,9-10,12-13H2,1-2H3. The van der Waals surface area contributed by atoms with Crippen molar-refractivity contribution >= 4 is 21.6 Å². The Balaban J connectivity index is 1.97. The molecule has 112 valence electrons. The molecule has 3 heteroatoms. The second-order valence-corrected chi connectivity index (χ2v) is 7.07. The molecular formula is C17H27BrN2. The molecule has 2 nitrogen and oxygen atoms in total. The monoisotopic (exact) mass is 338 g/mol. The first-order valence-corrected chi connectivity index (χ1v) is 8.70. The number of benzene rings is 1. The number of hydrogen-bond donors (Lipinski definition) is 1. The summed E-state index contributed by atoms with van der Waals surface area (Å²) in [6, 6.07) is 6.81. The molecule has 0 spiro atoms. The predicted octanol–water partition coefficient (Wildman–Crippen LogP) is 4.58. The maximum absolute atomic E-state index is 3.76. The van der Waals surface area contributed by atoms with Gasteiger partial charge in [-0.2, -0.15) is 0 Å². The molecule has 1 heterocycles. The van der Waals surface area contributed by atoms with Gasteiger partial charge in [0.1, 0.15) is 0 Å². The van der Waals surface area contributed by atoms with Gasteiger partial charge in [0.05, 0.1) is 5.69 Å². The predicted molar refractivity (Wildman–Crippen MR) is 91.4 cm³/mol. The fourth-order valence-corrected chi connectivity index (χ4v) is 3.41. The Hall–Kier alpha value is -0.540. The number of rotatable bonds is 5. The molecule has 0 saturated carbocycles. The lowest BCUT2D eigenvalue weighted by Gasteiger charge is -2.24. The Kier molecular flexibility index (Phi) is 6.37. The van der Waals surface area contributed by atoms with Crippen molar-refractivity contribution in [2.75, 3.05) is 24.5 Å². The van der Waals surface area contributed by atoms with E-state index < -0.39 is 0 Å². The van der Waals surface area contributed by atoms with Gasteiger partial charge in [0, 0.05) is 24.1 Å². The van der Waals surface area contributed by atoms with Gasteiger partial charge in [0.15, 0.2) is 0 Å². The highest BCUT2D eigenvalue weighted by molar-refractivity contribution is 9.10. The number of hydrogen-bond acceptors (Lipinski definition) is 2. The molecule has 1 fully saturated rings. The minimum Gasteiger partial charge on any atom is -0.371 e. The van der Waals surface area contributed by atoms with Gasteiger partial charge in [-0.3, -0.25) is 0 Å². The molecule has 0 atom stereocenters. The summed E-state index contributed by atoms with van der Waals surface area (Å²) >= 11 is 3.76. The van der Waals surface area contributed by atoms with Crippen molar-refractivity contribution in [3.8, 4) is 0 Å². The minimum atomic E-state index is 0.704. The molecule has 1 N–H and O–H groups in total. The van der Waals surface area contributed by atoms with Crippen LogP contribution in [0.1, 0.15) is 45.1 Å². The smallest absolute Gasteiger partial charge is 0.0510 e. The van der Waals surface area contributed by atoms with Gasteiger partial charge in [-0.05, 0) is 58.9 Å². The molecule has 1 aromatic rings. The Morgan fingerprint density at radius 1 is 1.15 bits per heavy atom. The Labute approximate surface area is 132 Å². The van der Waals surface area contributed by atoms with Gasteiger partial charge in [-0.15, -0.1) is 0 Å². The van der Waals surface area contributed by atoms with Crippen LogP contribution < -0.4 is 10.2 Å². The molecular weight excluding hydrogens is 312 g/mol. The fourth-order valence-electron chi connectivity index (χ4n) is 2.73. The zero-order valence-electron chi connectivity index (χ0n) is 12.8. The van der Waals surface area contributed by atoms with Crippen LogP contribution in [0.15, 0.2) is 22.7 Å². The molecule has 1 aliphatic heterocycles. The Morgan fingerprint density at radius 2 is 1.85 bits per heavy atom. The van der Waals surface area contributed by atoms with Gasteiger partial charge in [-0.1, -0.05) is 32.8 Å². The Bertz CT molecular complexity index is 409. The Morgan fingerprint density at radius 3 is 2.45 bits per heavy atom. The van der Waals surface area contributed by atoms with Crippen LogP contribution >= 0.6 is 15.9 Å². The highest BCUT2D eigenvalue weighted by Gasteiger charge is 2.12. The summed E-state index contributed by atoms with van der Waals surface area (Å²) in [7, 11) is 0. The summed E-state index contributed by atoms with van der Waals surface area (Å²) in [4.78, 5) is 2.53. The number of anilines is 1. The van der Waals surface area contributed by atoms with Gasteiger partial charge in [0.2, 0.25) is 0 Å². The SMILES string of the molecule is CC(C)CNCc1ccc(N2CCCCCC2)c(Br)c1. The molecule has 0 aromatic heterocycles. The largest absolute Gasteiger partial charge is 0.371 e. The van der Waals surface area contributed by atoms with Crippen LogP contribution in [0.2, 0.25) is 0 Å². The van der Waals surface area contributed by atoms with Gasteiger partial charge < -0.3 is 10.2 Å². The molecule has 0 unspecified atom stereocenters. The van der Waals surface area contributed by atoms with E-state index in [0.29, 0.717) is 5.92 Å². The lowest BCUT2D eigenvalue weighted by atomic mass is 10.1. The maximum Gasteiger partial charge on any atom is 0.0510 e. The first-order valence-electron chi connectivity index (χ1n) is 7.91. The lowest BCUT2D eigenvalue weighted by molar-refractivity contribution is 0.552. The van der Waals surface area contributed by atoms with Gasteiger partial charge in [0.25, 0.3) is 0 Å². The van der Waals surface area contributed by atoms with E-state index in [0.717, 1.165) is 13.1 Å².